The molecule has 0 aromatic carbocycles. The van der Waals surface area contributed by atoms with E-state index >= 15 is 0 Å². The Bertz CT molecular complexity index is 822. The number of halogens is 6. The van der Waals surface area contributed by atoms with Crippen molar-refractivity contribution in [3.05, 3.63) is 12.7 Å². The van der Waals surface area contributed by atoms with Crippen molar-refractivity contribution in [2.45, 2.75) is 78.1 Å². The van der Waals surface area contributed by atoms with Gasteiger partial charge in [0.05, 0.1) is 6.54 Å². The molecule has 200 valence electrons. The van der Waals surface area contributed by atoms with E-state index in [1.165, 1.54) is 48.5 Å². The molecular weight excluding hydrogens is 486 g/mol. The van der Waals surface area contributed by atoms with E-state index in [9.17, 15) is 35.9 Å². The van der Waals surface area contributed by atoms with E-state index in [-0.39, 0.29) is 11.4 Å². The van der Waals surface area contributed by atoms with Crippen LogP contribution >= 0.6 is 0 Å². The molecule has 0 radical (unpaired) electrons. The Morgan fingerprint density at radius 2 is 1.34 bits per heavy atom. The number of alkyl halides is 6. The van der Waals surface area contributed by atoms with Gasteiger partial charge in [0.25, 0.3) is 0 Å². The number of carbonyl (C=O) groups is 2. The minimum atomic E-state index is -5.01. The summed E-state index contributed by atoms with van der Waals surface area (Å²) in [6.45, 7) is 11.6. The number of hydrogen-bond donors (Lipinski definition) is 0. The van der Waals surface area contributed by atoms with Crippen molar-refractivity contribution >= 4 is 29.9 Å². The van der Waals surface area contributed by atoms with Crippen LogP contribution in [0.25, 0.3) is 0 Å². The molecule has 0 N–H and O–H groups in total. The maximum Gasteiger partial charge on any atom is 0.451 e. The fourth-order valence-corrected chi connectivity index (χ4v) is 2.13. The van der Waals surface area contributed by atoms with Crippen molar-refractivity contribution < 1.29 is 45.4 Å². The molecule has 0 spiro atoms. The Kier molecular flexibility index (Phi) is 11.1. The molecular formula is C21H30F6N4O4. The standard InChI is InChI=1S/C21H30F6N4O4/c1-9-14(20(22,23)24)29-11-13(12-30-15(28-10-2)21(25,26)27)31(16(32)34-18(3,4)5)17(33)35-19(6,7)8/h9,12-13H,1,10-11H2,2-8H3/b28-15-,29-14+,30-12-. The van der Waals surface area contributed by atoms with E-state index in [0.29, 0.717) is 12.3 Å². The molecule has 0 saturated heterocycles. The maximum absolute atomic E-state index is 13.2. The van der Waals surface area contributed by atoms with E-state index in [0.717, 1.165) is 0 Å². The zero-order valence-electron chi connectivity index (χ0n) is 20.5. The van der Waals surface area contributed by atoms with Crippen molar-refractivity contribution in [2.24, 2.45) is 15.0 Å². The Labute approximate surface area is 199 Å². The van der Waals surface area contributed by atoms with Gasteiger partial charge in [-0.05, 0) is 54.5 Å². The number of allylic oxidation sites excluding steroid dienone is 1. The number of rotatable bonds is 6. The summed E-state index contributed by atoms with van der Waals surface area (Å²) in [5.41, 5.74) is -3.84. The molecule has 35 heavy (non-hydrogen) atoms. The lowest BCUT2D eigenvalue weighted by atomic mass is 10.2. The molecule has 8 nitrogen and oxygen atoms in total. The van der Waals surface area contributed by atoms with Crippen LogP contribution in [0.4, 0.5) is 35.9 Å². The number of imide groups is 1. The van der Waals surface area contributed by atoms with Gasteiger partial charge in [0, 0.05) is 12.8 Å². The summed E-state index contributed by atoms with van der Waals surface area (Å²) in [6.07, 6.45) is -11.9. The summed E-state index contributed by atoms with van der Waals surface area (Å²) in [4.78, 5) is 35.5. The third-order valence-electron chi connectivity index (χ3n) is 3.37. The quantitative estimate of drug-likeness (QED) is 0.255. The van der Waals surface area contributed by atoms with Crippen LogP contribution in [0.3, 0.4) is 0 Å². The highest BCUT2D eigenvalue weighted by Crippen LogP contribution is 2.21. The van der Waals surface area contributed by atoms with E-state index in [2.05, 4.69) is 21.6 Å². The summed E-state index contributed by atoms with van der Waals surface area (Å²) in [6, 6.07) is -1.87. The van der Waals surface area contributed by atoms with Gasteiger partial charge in [-0.2, -0.15) is 26.3 Å². The highest BCUT2D eigenvalue weighted by Gasteiger charge is 2.39. The average molecular weight is 516 g/mol. The van der Waals surface area contributed by atoms with E-state index in [1.54, 1.807) is 0 Å². The molecule has 0 aliphatic rings. The second kappa shape index (κ2) is 12.2. The van der Waals surface area contributed by atoms with Gasteiger partial charge in [-0.3, -0.25) is 9.98 Å². The molecule has 0 bridgehead atoms. The van der Waals surface area contributed by atoms with Gasteiger partial charge in [0.2, 0.25) is 5.84 Å². The topological polar surface area (TPSA) is 92.9 Å². The van der Waals surface area contributed by atoms with Crippen molar-refractivity contribution in [1.29, 1.82) is 0 Å². The summed E-state index contributed by atoms with van der Waals surface area (Å²) in [5, 5.41) is 0. The second-order valence-corrected chi connectivity index (χ2v) is 8.90. The van der Waals surface area contributed by atoms with Gasteiger partial charge in [0.15, 0.2) is 0 Å². The number of amidine groups is 1. The lowest BCUT2D eigenvalue weighted by molar-refractivity contribution is -0.0601. The minimum absolute atomic E-state index is 0.209. The Hall–Kier alpha value is -2.93. The van der Waals surface area contributed by atoms with E-state index in [1.807, 2.05) is 0 Å². The first-order valence-corrected chi connectivity index (χ1v) is 10.3. The SMILES string of the molecule is C=C/C(=N\CC(/C=N\C(=N/CC)C(F)(F)F)N(C(=O)OC(C)(C)C)C(=O)OC(C)(C)C)C(F)(F)F. The van der Waals surface area contributed by atoms with Crippen LogP contribution in [-0.4, -0.2) is 77.5 Å². The lowest BCUT2D eigenvalue weighted by Crippen LogP contribution is -2.51. The summed E-state index contributed by atoms with van der Waals surface area (Å²) >= 11 is 0. The van der Waals surface area contributed by atoms with Gasteiger partial charge in [-0.15, -0.1) is 0 Å². The number of nitrogens with zero attached hydrogens (tertiary/aromatic N) is 4. The predicted octanol–water partition coefficient (Wildman–Crippen LogP) is 5.77. The largest absolute Gasteiger partial charge is 0.451 e. The van der Waals surface area contributed by atoms with Gasteiger partial charge in [0.1, 0.15) is 23.0 Å². The molecule has 0 aromatic heterocycles. The van der Waals surface area contributed by atoms with Crippen LogP contribution in [0.15, 0.2) is 27.6 Å². The van der Waals surface area contributed by atoms with Gasteiger partial charge in [-0.1, -0.05) is 6.58 Å². The highest BCUT2D eigenvalue weighted by atomic mass is 19.4. The van der Waals surface area contributed by atoms with Crippen LogP contribution < -0.4 is 0 Å². The highest BCUT2D eigenvalue weighted by molar-refractivity contribution is 6.00. The fraction of sp³-hybridized carbons (Fsp3) is 0.667. The number of hydrogen-bond acceptors (Lipinski definition) is 6. The van der Waals surface area contributed by atoms with Gasteiger partial charge in [-0.25, -0.2) is 19.5 Å². The molecule has 0 fully saturated rings. The molecule has 2 amide bonds. The van der Waals surface area contributed by atoms with Gasteiger partial charge < -0.3 is 9.47 Å². The summed E-state index contributed by atoms with van der Waals surface area (Å²) in [7, 11) is 0. The molecule has 0 aliphatic heterocycles. The minimum Gasteiger partial charge on any atom is -0.443 e. The lowest BCUT2D eigenvalue weighted by Gasteiger charge is -2.31. The van der Waals surface area contributed by atoms with Crippen LogP contribution in [0, 0.1) is 0 Å². The summed E-state index contributed by atoms with van der Waals surface area (Å²) in [5.74, 6) is -1.62. The number of aliphatic imine (C=N–C) groups is 3. The van der Waals surface area contributed by atoms with E-state index in [4.69, 9.17) is 9.47 Å². The fourth-order valence-electron chi connectivity index (χ4n) is 2.13. The molecule has 14 heteroatoms. The molecule has 1 atom stereocenters. The Morgan fingerprint density at radius 3 is 1.66 bits per heavy atom. The van der Waals surface area contributed by atoms with Crippen molar-refractivity contribution in [1.82, 2.24) is 4.90 Å². The second-order valence-electron chi connectivity index (χ2n) is 8.90. The smallest absolute Gasteiger partial charge is 0.443 e. The van der Waals surface area contributed by atoms with Crippen molar-refractivity contribution in [3.63, 3.8) is 0 Å². The Morgan fingerprint density at radius 1 is 0.886 bits per heavy atom. The van der Waals surface area contributed by atoms with Crippen LogP contribution in [-0.2, 0) is 9.47 Å². The first kappa shape index (κ1) is 32.1. The zero-order chi connectivity index (χ0) is 27.8. The van der Waals surface area contributed by atoms with Crippen LogP contribution in [0.2, 0.25) is 0 Å². The number of amides is 2. The molecule has 1 unspecified atom stereocenters. The monoisotopic (exact) mass is 516 g/mol. The third-order valence-corrected chi connectivity index (χ3v) is 3.37. The van der Waals surface area contributed by atoms with Crippen molar-refractivity contribution in [2.75, 3.05) is 13.1 Å². The van der Waals surface area contributed by atoms with Crippen molar-refractivity contribution in [3.8, 4) is 0 Å². The van der Waals surface area contributed by atoms with Gasteiger partial charge >= 0.3 is 24.5 Å². The summed E-state index contributed by atoms with van der Waals surface area (Å²) < 4.78 is 89.2. The molecule has 0 aromatic rings. The Balaban J connectivity index is 6.75. The van der Waals surface area contributed by atoms with E-state index < -0.39 is 59.9 Å². The van der Waals surface area contributed by atoms with Crippen LogP contribution in [0.5, 0.6) is 0 Å². The number of ether oxygens (including phenoxy) is 2. The molecule has 0 aliphatic carbocycles. The third kappa shape index (κ3) is 12.4. The molecule has 0 rings (SSSR count). The molecule has 0 heterocycles. The predicted molar refractivity (Wildman–Crippen MR) is 119 cm³/mol. The number of carbonyl (C=O) groups excluding carboxylic acids is 2. The normalized spacial score (nSPS) is 15.1. The zero-order valence-corrected chi connectivity index (χ0v) is 20.5. The molecule has 0 saturated carbocycles. The average Bonchev–Trinajstić information content (AvgIpc) is 2.59. The maximum atomic E-state index is 13.2. The van der Waals surface area contributed by atoms with Crippen LogP contribution in [0.1, 0.15) is 48.5 Å². The first-order chi connectivity index (χ1) is 15.6. The first-order valence-electron chi connectivity index (χ1n) is 10.3.